The summed E-state index contributed by atoms with van der Waals surface area (Å²) in [6.07, 6.45) is 3.72. The molecular formula is C30H35N9O2. The van der Waals surface area contributed by atoms with E-state index < -0.39 is 0 Å². The number of pyridine rings is 1. The number of nitrogens with zero attached hydrogens (tertiary/aromatic N) is 6. The summed E-state index contributed by atoms with van der Waals surface area (Å²) >= 11 is 0. The number of hydrogen-bond acceptors (Lipinski definition) is 11. The van der Waals surface area contributed by atoms with Gasteiger partial charge in [0.1, 0.15) is 17.3 Å². The monoisotopic (exact) mass is 553 g/mol. The van der Waals surface area contributed by atoms with Gasteiger partial charge in [-0.3, -0.25) is 4.79 Å². The SMILES string of the molecule is Cc1cccc(-c2nccc(Nc3ccnc(Nc4ccc(N5CCNCC5CC(=O)OCC(C)C)cc4)n3)n2)n1. The first-order valence-corrected chi connectivity index (χ1v) is 13.8. The van der Waals surface area contributed by atoms with Gasteiger partial charge in [-0.1, -0.05) is 19.9 Å². The Kier molecular flexibility index (Phi) is 8.95. The molecule has 212 valence electrons. The van der Waals surface area contributed by atoms with E-state index in [0.717, 1.165) is 36.7 Å². The molecule has 3 N–H and O–H groups in total. The summed E-state index contributed by atoms with van der Waals surface area (Å²) in [5.41, 5.74) is 3.51. The van der Waals surface area contributed by atoms with Crippen LogP contribution in [0.5, 0.6) is 0 Å². The van der Waals surface area contributed by atoms with Crippen molar-refractivity contribution in [2.24, 2.45) is 5.92 Å². The van der Waals surface area contributed by atoms with Crippen LogP contribution in [-0.4, -0.2) is 63.2 Å². The van der Waals surface area contributed by atoms with Gasteiger partial charge in [-0.05, 0) is 61.4 Å². The predicted octanol–water partition coefficient (Wildman–Crippen LogP) is 4.49. The van der Waals surface area contributed by atoms with E-state index in [4.69, 9.17) is 4.74 Å². The third-order valence-corrected chi connectivity index (χ3v) is 6.47. The van der Waals surface area contributed by atoms with Crippen molar-refractivity contribution in [3.05, 3.63) is 72.7 Å². The average Bonchev–Trinajstić information content (AvgIpc) is 2.97. The number of benzene rings is 1. The molecule has 1 aromatic carbocycles. The van der Waals surface area contributed by atoms with E-state index in [0.29, 0.717) is 48.0 Å². The van der Waals surface area contributed by atoms with E-state index in [-0.39, 0.29) is 12.0 Å². The zero-order valence-electron chi connectivity index (χ0n) is 23.5. The lowest BCUT2D eigenvalue weighted by Gasteiger charge is -2.37. The van der Waals surface area contributed by atoms with Crippen molar-refractivity contribution in [1.82, 2.24) is 30.2 Å². The number of anilines is 5. The number of carbonyl (C=O) groups excluding carboxylic acids is 1. The van der Waals surface area contributed by atoms with Gasteiger partial charge in [-0.25, -0.2) is 19.9 Å². The fraction of sp³-hybridized carbons (Fsp3) is 0.333. The van der Waals surface area contributed by atoms with Crippen molar-refractivity contribution in [3.8, 4) is 11.5 Å². The molecular weight excluding hydrogens is 518 g/mol. The van der Waals surface area contributed by atoms with E-state index >= 15 is 0 Å². The maximum Gasteiger partial charge on any atom is 0.307 e. The molecule has 11 heteroatoms. The Bertz CT molecular complexity index is 1460. The minimum absolute atomic E-state index is 0.0392. The number of aryl methyl sites for hydroxylation is 1. The van der Waals surface area contributed by atoms with E-state index in [2.05, 4.69) is 45.8 Å². The maximum absolute atomic E-state index is 12.4. The highest BCUT2D eigenvalue weighted by atomic mass is 16.5. The van der Waals surface area contributed by atoms with Gasteiger partial charge in [0, 0.05) is 49.1 Å². The Morgan fingerprint density at radius 1 is 1.00 bits per heavy atom. The van der Waals surface area contributed by atoms with Crippen LogP contribution in [0.3, 0.4) is 0 Å². The zero-order chi connectivity index (χ0) is 28.6. The van der Waals surface area contributed by atoms with Crippen molar-refractivity contribution in [3.63, 3.8) is 0 Å². The largest absolute Gasteiger partial charge is 0.465 e. The van der Waals surface area contributed by atoms with E-state index in [9.17, 15) is 4.79 Å². The molecule has 0 radical (unpaired) electrons. The summed E-state index contributed by atoms with van der Waals surface area (Å²) in [5, 5.41) is 9.88. The Morgan fingerprint density at radius 3 is 2.56 bits per heavy atom. The van der Waals surface area contributed by atoms with Crippen LogP contribution in [0.15, 0.2) is 67.0 Å². The molecule has 0 aliphatic carbocycles. The molecule has 1 unspecified atom stereocenters. The third kappa shape index (κ3) is 7.73. The Balaban J connectivity index is 1.22. The second-order valence-electron chi connectivity index (χ2n) is 10.3. The Labute approximate surface area is 239 Å². The number of piperazine rings is 1. The molecule has 1 atom stereocenters. The zero-order valence-corrected chi connectivity index (χ0v) is 23.5. The summed E-state index contributed by atoms with van der Waals surface area (Å²) in [6, 6.07) is 17.4. The summed E-state index contributed by atoms with van der Waals surface area (Å²) in [5.74, 6) is 2.34. The minimum Gasteiger partial charge on any atom is -0.465 e. The van der Waals surface area contributed by atoms with Crippen LogP contribution in [-0.2, 0) is 9.53 Å². The molecule has 0 saturated carbocycles. The predicted molar refractivity (Wildman–Crippen MR) is 159 cm³/mol. The molecule has 3 aromatic heterocycles. The third-order valence-electron chi connectivity index (χ3n) is 6.47. The summed E-state index contributed by atoms with van der Waals surface area (Å²) in [4.78, 5) is 37.0. The molecule has 1 aliphatic heterocycles. The normalized spacial score (nSPS) is 15.0. The molecule has 5 rings (SSSR count). The van der Waals surface area contributed by atoms with Crippen LogP contribution in [0.4, 0.5) is 29.0 Å². The molecule has 0 amide bonds. The van der Waals surface area contributed by atoms with Crippen molar-refractivity contribution in [1.29, 1.82) is 0 Å². The van der Waals surface area contributed by atoms with Crippen LogP contribution in [0.25, 0.3) is 11.5 Å². The topological polar surface area (TPSA) is 130 Å². The second kappa shape index (κ2) is 13.1. The Morgan fingerprint density at radius 2 is 1.78 bits per heavy atom. The first-order chi connectivity index (χ1) is 19.9. The van der Waals surface area contributed by atoms with Crippen LogP contribution in [0.1, 0.15) is 26.0 Å². The molecule has 0 bridgehead atoms. The number of rotatable bonds is 10. The fourth-order valence-corrected chi connectivity index (χ4v) is 4.50. The Hall–Kier alpha value is -4.64. The summed E-state index contributed by atoms with van der Waals surface area (Å²) < 4.78 is 5.42. The molecule has 1 saturated heterocycles. The highest BCUT2D eigenvalue weighted by molar-refractivity contribution is 5.71. The van der Waals surface area contributed by atoms with Crippen molar-refractivity contribution < 1.29 is 9.53 Å². The highest BCUT2D eigenvalue weighted by Crippen LogP contribution is 2.24. The molecule has 4 heterocycles. The number of aromatic nitrogens is 5. The first-order valence-electron chi connectivity index (χ1n) is 13.8. The van der Waals surface area contributed by atoms with Crippen molar-refractivity contribution >= 4 is 34.9 Å². The number of ether oxygens (including phenoxy) is 1. The van der Waals surface area contributed by atoms with E-state index in [1.807, 2.05) is 63.2 Å². The highest BCUT2D eigenvalue weighted by Gasteiger charge is 2.25. The van der Waals surface area contributed by atoms with Crippen molar-refractivity contribution in [2.45, 2.75) is 33.2 Å². The molecule has 0 spiro atoms. The average molecular weight is 554 g/mol. The molecule has 11 nitrogen and oxygen atoms in total. The van der Waals surface area contributed by atoms with Gasteiger partial charge in [0.2, 0.25) is 5.95 Å². The second-order valence-corrected chi connectivity index (χ2v) is 10.3. The minimum atomic E-state index is -0.161. The van der Waals surface area contributed by atoms with Crippen LogP contribution >= 0.6 is 0 Å². The number of hydrogen-bond donors (Lipinski definition) is 3. The lowest BCUT2D eigenvalue weighted by molar-refractivity contribution is -0.145. The molecule has 4 aromatic rings. The van der Waals surface area contributed by atoms with E-state index in [1.54, 1.807) is 24.5 Å². The number of carbonyl (C=O) groups is 1. The van der Waals surface area contributed by atoms with Gasteiger partial charge < -0.3 is 25.6 Å². The van der Waals surface area contributed by atoms with Gasteiger partial charge in [0.15, 0.2) is 5.82 Å². The van der Waals surface area contributed by atoms with Gasteiger partial charge in [-0.15, -0.1) is 0 Å². The quantitative estimate of drug-likeness (QED) is 0.240. The van der Waals surface area contributed by atoms with Crippen LogP contribution in [0.2, 0.25) is 0 Å². The number of nitrogens with one attached hydrogen (secondary N) is 3. The fourth-order valence-electron chi connectivity index (χ4n) is 4.50. The summed E-state index contributed by atoms with van der Waals surface area (Å²) in [7, 11) is 0. The molecule has 41 heavy (non-hydrogen) atoms. The summed E-state index contributed by atoms with van der Waals surface area (Å²) in [6.45, 7) is 8.87. The molecule has 1 fully saturated rings. The van der Waals surface area contributed by atoms with Crippen molar-refractivity contribution in [2.75, 3.05) is 41.8 Å². The first kappa shape index (κ1) is 27.9. The lowest BCUT2D eigenvalue weighted by Crippen LogP contribution is -2.52. The number of esters is 1. The van der Waals surface area contributed by atoms with Gasteiger partial charge in [0.25, 0.3) is 0 Å². The van der Waals surface area contributed by atoms with Gasteiger partial charge in [-0.2, -0.15) is 4.98 Å². The standard InChI is InChI=1S/C30H35N9O2/c1-20(2)19-41-28(40)17-24-18-31-15-16-39(24)23-9-7-22(8-10-23)35-30-33-14-12-27(38-30)36-26-11-13-32-29(37-26)25-6-4-5-21(3)34-25/h4-14,20,24,31H,15-19H2,1-3H3,(H2,32,33,35,36,37,38). The molecule has 1 aliphatic rings. The van der Waals surface area contributed by atoms with Crippen LogP contribution in [0, 0.1) is 12.8 Å². The smallest absolute Gasteiger partial charge is 0.307 e. The van der Waals surface area contributed by atoms with E-state index in [1.165, 1.54) is 0 Å². The lowest BCUT2D eigenvalue weighted by atomic mass is 10.1. The van der Waals surface area contributed by atoms with Gasteiger partial charge >= 0.3 is 5.97 Å². The van der Waals surface area contributed by atoms with Gasteiger partial charge in [0.05, 0.1) is 19.1 Å². The maximum atomic E-state index is 12.4. The van der Waals surface area contributed by atoms with Crippen LogP contribution < -0.4 is 20.9 Å².